The van der Waals surface area contributed by atoms with Crippen LogP contribution in [0.3, 0.4) is 0 Å². The minimum absolute atomic E-state index is 0.0488. The zero-order valence-corrected chi connectivity index (χ0v) is 15.8. The molecule has 0 aliphatic heterocycles. The number of carbonyl (C=O) groups is 2. The van der Waals surface area contributed by atoms with E-state index in [4.69, 9.17) is 9.47 Å². The van der Waals surface area contributed by atoms with Crippen molar-refractivity contribution in [2.24, 2.45) is 5.92 Å². The van der Waals surface area contributed by atoms with Crippen molar-refractivity contribution in [1.29, 1.82) is 0 Å². The third-order valence-electron chi connectivity index (χ3n) is 4.56. The number of hydrogen-bond donors (Lipinski definition) is 0. The maximum Gasteiger partial charge on any atom is 0.338 e. The van der Waals surface area contributed by atoms with Gasteiger partial charge in [-0.1, -0.05) is 25.1 Å². The Bertz CT molecular complexity index is 592. The second-order valence-corrected chi connectivity index (χ2v) is 7.85. The Hall–Kier alpha value is -1.84. The van der Waals surface area contributed by atoms with Crippen LogP contribution < -0.4 is 0 Å². The Balaban J connectivity index is 1.80. The van der Waals surface area contributed by atoms with Gasteiger partial charge in [-0.3, -0.25) is 4.79 Å². The number of rotatable bonds is 5. The Labute approximate surface area is 150 Å². The predicted molar refractivity (Wildman–Crippen MR) is 97.4 cm³/mol. The molecule has 1 fully saturated rings. The molecule has 0 spiro atoms. The Morgan fingerprint density at radius 2 is 1.72 bits per heavy atom. The van der Waals surface area contributed by atoms with Crippen molar-refractivity contribution < 1.29 is 19.1 Å². The Kier molecular flexibility index (Phi) is 6.63. The molecule has 0 unspecified atom stereocenters. The zero-order chi connectivity index (χ0) is 18.4. The lowest BCUT2D eigenvalue weighted by atomic mass is 9.85. The van der Waals surface area contributed by atoms with E-state index in [1.807, 2.05) is 52.0 Å². The average molecular weight is 346 g/mol. The van der Waals surface area contributed by atoms with Gasteiger partial charge >= 0.3 is 11.9 Å². The first-order valence-corrected chi connectivity index (χ1v) is 9.29. The number of aryl methyl sites for hydroxylation is 1. The van der Waals surface area contributed by atoms with Crippen LogP contribution in [0.25, 0.3) is 0 Å². The molecule has 1 aliphatic carbocycles. The summed E-state index contributed by atoms with van der Waals surface area (Å²) in [4.78, 5) is 24.3. The minimum atomic E-state index is -0.434. The fourth-order valence-electron chi connectivity index (χ4n) is 3.32. The number of carbonyl (C=O) groups excluding carboxylic acids is 2. The van der Waals surface area contributed by atoms with Crippen LogP contribution in [-0.4, -0.2) is 23.6 Å². The molecule has 0 aromatic heterocycles. The highest BCUT2D eigenvalue weighted by Crippen LogP contribution is 2.30. The molecule has 0 amide bonds. The summed E-state index contributed by atoms with van der Waals surface area (Å²) in [5.74, 6) is -0.0365. The third-order valence-corrected chi connectivity index (χ3v) is 4.56. The summed E-state index contributed by atoms with van der Waals surface area (Å²) in [5.41, 5.74) is 1.25. The molecule has 25 heavy (non-hydrogen) atoms. The van der Waals surface area contributed by atoms with Gasteiger partial charge in [0.05, 0.1) is 5.56 Å². The molecular weight excluding hydrogens is 316 g/mol. The first kappa shape index (κ1) is 19.5. The number of esters is 2. The van der Waals surface area contributed by atoms with Crippen molar-refractivity contribution in [3.8, 4) is 0 Å². The van der Waals surface area contributed by atoms with E-state index in [2.05, 4.69) is 0 Å². The van der Waals surface area contributed by atoms with Gasteiger partial charge in [0.25, 0.3) is 0 Å². The molecule has 1 aliphatic rings. The van der Waals surface area contributed by atoms with E-state index in [0.29, 0.717) is 17.9 Å². The fraction of sp³-hybridized carbons (Fsp3) is 0.619. The van der Waals surface area contributed by atoms with Gasteiger partial charge in [0, 0.05) is 6.42 Å². The van der Waals surface area contributed by atoms with E-state index in [-0.39, 0.29) is 18.0 Å². The van der Waals surface area contributed by atoms with Crippen LogP contribution in [-0.2, 0) is 20.7 Å². The number of ether oxygens (including phenoxy) is 2. The first-order valence-electron chi connectivity index (χ1n) is 9.29. The topological polar surface area (TPSA) is 52.6 Å². The molecule has 1 aromatic rings. The van der Waals surface area contributed by atoms with E-state index >= 15 is 0 Å². The molecule has 0 N–H and O–H groups in total. The summed E-state index contributed by atoms with van der Waals surface area (Å²) in [6.45, 7) is 7.69. The SMILES string of the molecule is CCc1ccccc1C(=O)OC1CCC(CC(=O)OC(C)(C)C)CC1. The molecule has 4 nitrogen and oxygen atoms in total. The molecule has 0 saturated heterocycles. The summed E-state index contributed by atoms with van der Waals surface area (Å²) < 4.78 is 11.1. The van der Waals surface area contributed by atoms with Gasteiger partial charge in [0.1, 0.15) is 11.7 Å². The molecule has 138 valence electrons. The maximum absolute atomic E-state index is 12.4. The van der Waals surface area contributed by atoms with Gasteiger partial charge in [-0.05, 0) is 70.4 Å². The summed E-state index contributed by atoms with van der Waals surface area (Å²) in [6, 6.07) is 7.61. The average Bonchev–Trinajstić information content (AvgIpc) is 2.54. The fourth-order valence-corrected chi connectivity index (χ4v) is 3.32. The number of benzene rings is 1. The Morgan fingerprint density at radius 1 is 1.08 bits per heavy atom. The standard InChI is InChI=1S/C21H30O4/c1-5-16-8-6-7-9-18(16)20(23)24-17-12-10-15(11-13-17)14-19(22)25-21(2,3)4/h6-9,15,17H,5,10-14H2,1-4H3. The van der Waals surface area contributed by atoms with Crippen molar-refractivity contribution in [1.82, 2.24) is 0 Å². The van der Waals surface area contributed by atoms with Crippen molar-refractivity contribution >= 4 is 11.9 Å². The van der Waals surface area contributed by atoms with Crippen molar-refractivity contribution in [2.75, 3.05) is 0 Å². The lowest BCUT2D eigenvalue weighted by Gasteiger charge is -2.29. The van der Waals surface area contributed by atoms with E-state index in [1.54, 1.807) is 0 Å². The lowest BCUT2D eigenvalue weighted by Crippen LogP contribution is -2.28. The molecule has 0 atom stereocenters. The van der Waals surface area contributed by atoms with Crippen LogP contribution >= 0.6 is 0 Å². The van der Waals surface area contributed by atoms with Crippen LogP contribution in [0.5, 0.6) is 0 Å². The van der Waals surface area contributed by atoms with Gasteiger partial charge in [-0.15, -0.1) is 0 Å². The monoisotopic (exact) mass is 346 g/mol. The molecular formula is C21H30O4. The van der Waals surface area contributed by atoms with E-state index < -0.39 is 5.60 Å². The largest absolute Gasteiger partial charge is 0.460 e. The lowest BCUT2D eigenvalue weighted by molar-refractivity contribution is -0.156. The number of hydrogen-bond acceptors (Lipinski definition) is 4. The Morgan fingerprint density at radius 3 is 2.32 bits per heavy atom. The van der Waals surface area contributed by atoms with Gasteiger partial charge in [-0.2, -0.15) is 0 Å². The van der Waals surface area contributed by atoms with Gasteiger partial charge in [-0.25, -0.2) is 4.79 Å². The highest BCUT2D eigenvalue weighted by atomic mass is 16.6. The zero-order valence-electron chi connectivity index (χ0n) is 15.8. The van der Waals surface area contributed by atoms with Gasteiger partial charge in [0.15, 0.2) is 0 Å². The summed E-state index contributed by atoms with van der Waals surface area (Å²) in [6.07, 6.45) is 4.64. The summed E-state index contributed by atoms with van der Waals surface area (Å²) in [5, 5.41) is 0. The van der Waals surface area contributed by atoms with Gasteiger partial charge in [0.2, 0.25) is 0 Å². The van der Waals surface area contributed by atoms with Crippen molar-refractivity contribution in [3.05, 3.63) is 35.4 Å². The highest BCUT2D eigenvalue weighted by Gasteiger charge is 2.27. The van der Waals surface area contributed by atoms with E-state index in [1.165, 1.54) is 0 Å². The van der Waals surface area contributed by atoms with Crippen LogP contribution in [0.2, 0.25) is 0 Å². The van der Waals surface area contributed by atoms with Crippen LogP contribution in [0.4, 0.5) is 0 Å². The predicted octanol–water partition coefficient (Wildman–Crippen LogP) is 4.70. The molecule has 0 heterocycles. The maximum atomic E-state index is 12.4. The van der Waals surface area contributed by atoms with E-state index in [9.17, 15) is 9.59 Å². The summed E-state index contributed by atoms with van der Waals surface area (Å²) >= 11 is 0. The summed E-state index contributed by atoms with van der Waals surface area (Å²) in [7, 11) is 0. The van der Waals surface area contributed by atoms with Crippen molar-refractivity contribution in [2.45, 2.75) is 77.9 Å². The van der Waals surface area contributed by atoms with Crippen LogP contribution in [0.15, 0.2) is 24.3 Å². The van der Waals surface area contributed by atoms with Crippen LogP contribution in [0.1, 0.15) is 75.7 Å². The van der Waals surface area contributed by atoms with Crippen molar-refractivity contribution in [3.63, 3.8) is 0 Å². The second-order valence-electron chi connectivity index (χ2n) is 7.85. The second kappa shape index (κ2) is 8.50. The quantitative estimate of drug-likeness (QED) is 0.725. The molecule has 4 heteroatoms. The molecule has 1 aromatic carbocycles. The highest BCUT2D eigenvalue weighted by molar-refractivity contribution is 5.91. The van der Waals surface area contributed by atoms with Crippen LogP contribution in [0, 0.1) is 5.92 Å². The first-order chi connectivity index (χ1) is 11.8. The van der Waals surface area contributed by atoms with Gasteiger partial charge < -0.3 is 9.47 Å². The molecule has 0 bridgehead atoms. The molecule has 2 rings (SSSR count). The molecule has 1 saturated carbocycles. The van der Waals surface area contributed by atoms with E-state index in [0.717, 1.165) is 37.7 Å². The smallest absolute Gasteiger partial charge is 0.338 e. The minimum Gasteiger partial charge on any atom is -0.460 e. The third kappa shape index (κ3) is 6.18. The normalized spacial score (nSPS) is 20.8. The molecule has 0 radical (unpaired) electrons.